The molecule has 0 aliphatic carbocycles. The standard InChI is InChI=1S/C10H8BrN3O2S/c11-8-5-17-10(14-8)13-4-7-3-6(9(15)16)1-2-12-7/h1-3,5H,4H2,(H,13,14)(H,15,16). The second kappa shape index (κ2) is 5.24. The molecule has 2 heterocycles. The Morgan fingerprint density at radius 1 is 1.59 bits per heavy atom. The van der Waals surface area contributed by atoms with Crippen LogP contribution in [0.3, 0.4) is 0 Å². The zero-order valence-electron chi connectivity index (χ0n) is 8.55. The van der Waals surface area contributed by atoms with Gasteiger partial charge in [0.25, 0.3) is 0 Å². The molecule has 0 unspecified atom stereocenters. The summed E-state index contributed by atoms with van der Waals surface area (Å²) in [5.74, 6) is -0.953. The van der Waals surface area contributed by atoms with Gasteiger partial charge in [0.2, 0.25) is 0 Å². The fourth-order valence-corrected chi connectivity index (χ4v) is 2.35. The SMILES string of the molecule is O=C(O)c1ccnc(CNc2nc(Br)cs2)c1. The summed E-state index contributed by atoms with van der Waals surface area (Å²) < 4.78 is 0.775. The Labute approximate surface area is 110 Å². The van der Waals surface area contributed by atoms with Crippen LogP contribution in [0.2, 0.25) is 0 Å². The number of aromatic carboxylic acids is 1. The van der Waals surface area contributed by atoms with Gasteiger partial charge in [0.15, 0.2) is 5.13 Å². The molecule has 2 rings (SSSR count). The van der Waals surface area contributed by atoms with Gasteiger partial charge in [0.05, 0.1) is 17.8 Å². The number of aromatic nitrogens is 2. The maximum absolute atomic E-state index is 10.8. The molecular formula is C10H8BrN3O2S. The third-order valence-corrected chi connectivity index (χ3v) is 3.47. The van der Waals surface area contributed by atoms with Crippen LogP contribution in [0, 0.1) is 0 Å². The average Bonchev–Trinajstić information content (AvgIpc) is 2.73. The van der Waals surface area contributed by atoms with Crippen LogP contribution in [0.4, 0.5) is 5.13 Å². The quantitative estimate of drug-likeness (QED) is 0.907. The van der Waals surface area contributed by atoms with E-state index in [-0.39, 0.29) is 5.56 Å². The summed E-state index contributed by atoms with van der Waals surface area (Å²) in [7, 11) is 0. The summed E-state index contributed by atoms with van der Waals surface area (Å²) in [5.41, 5.74) is 0.897. The van der Waals surface area contributed by atoms with Crippen molar-refractivity contribution in [3.05, 3.63) is 39.6 Å². The predicted octanol–water partition coefficient (Wildman–Crippen LogP) is 2.61. The highest BCUT2D eigenvalue weighted by molar-refractivity contribution is 9.10. The molecule has 2 N–H and O–H groups in total. The number of pyridine rings is 1. The first kappa shape index (κ1) is 12.0. The number of hydrogen-bond donors (Lipinski definition) is 2. The molecule has 5 nitrogen and oxygen atoms in total. The second-order valence-electron chi connectivity index (χ2n) is 3.17. The summed E-state index contributed by atoms with van der Waals surface area (Å²) >= 11 is 4.72. The van der Waals surface area contributed by atoms with Crippen LogP contribution < -0.4 is 5.32 Å². The van der Waals surface area contributed by atoms with E-state index in [1.807, 2.05) is 5.38 Å². The van der Waals surface area contributed by atoms with Gasteiger partial charge in [-0.1, -0.05) is 0 Å². The molecule has 0 atom stereocenters. The van der Waals surface area contributed by atoms with Crippen LogP contribution in [0.1, 0.15) is 16.1 Å². The minimum atomic E-state index is -0.953. The van der Waals surface area contributed by atoms with E-state index in [9.17, 15) is 4.79 Å². The number of carboxylic acids is 1. The van der Waals surface area contributed by atoms with Crippen LogP contribution in [0.25, 0.3) is 0 Å². The van der Waals surface area contributed by atoms with Crippen molar-refractivity contribution in [2.45, 2.75) is 6.54 Å². The Balaban J connectivity index is 2.04. The minimum Gasteiger partial charge on any atom is -0.478 e. The maximum atomic E-state index is 10.8. The smallest absolute Gasteiger partial charge is 0.335 e. The lowest BCUT2D eigenvalue weighted by molar-refractivity contribution is 0.0696. The van der Waals surface area contributed by atoms with E-state index in [1.54, 1.807) is 0 Å². The molecule has 2 aromatic heterocycles. The summed E-state index contributed by atoms with van der Waals surface area (Å²) in [6.07, 6.45) is 1.48. The zero-order chi connectivity index (χ0) is 12.3. The highest BCUT2D eigenvalue weighted by Gasteiger charge is 2.05. The van der Waals surface area contributed by atoms with Gasteiger partial charge >= 0.3 is 5.97 Å². The first-order chi connectivity index (χ1) is 8.15. The summed E-state index contributed by atoms with van der Waals surface area (Å²) in [5, 5.41) is 14.5. The highest BCUT2D eigenvalue weighted by atomic mass is 79.9. The van der Waals surface area contributed by atoms with Crippen molar-refractivity contribution in [1.29, 1.82) is 0 Å². The van der Waals surface area contributed by atoms with Crippen molar-refractivity contribution < 1.29 is 9.90 Å². The van der Waals surface area contributed by atoms with Crippen molar-refractivity contribution in [3.63, 3.8) is 0 Å². The molecular weight excluding hydrogens is 306 g/mol. The molecule has 88 valence electrons. The van der Waals surface area contributed by atoms with Crippen molar-refractivity contribution in [1.82, 2.24) is 9.97 Å². The lowest BCUT2D eigenvalue weighted by Gasteiger charge is -2.02. The Morgan fingerprint density at radius 2 is 2.41 bits per heavy atom. The molecule has 17 heavy (non-hydrogen) atoms. The second-order valence-corrected chi connectivity index (χ2v) is 4.84. The number of nitrogens with zero attached hydrogens (tertiary/aromatic N) is 2. The Kier molecular flexibility index (Phi) is 3.70. The number of carbonyl (C=O) groups is 1. The molecule has 0 bridgehead atoms. The van der Waals surface area contributed by atoms with Gasteiger partial charge < -0.3 is 10.4 Å². The number of thiazole rings is 1. The normalized spacial score (nSPS) is 10.2. The summed E-state index contributed by atoms with van der Waals surface area (Å²) in [6.45, 7) is 0.446. The average molecular weight is 314 g/mol. The fraction of sp³-hybridized carbons (Fsp3) is 0.100. The molecule has 7 heteroatoms. The first-order valence-corrected chi connectivity index (χ1v) is 6.35. The molecule has 0 radical (unpaired) electrons. The number of rotatable bonds is 4. The van der Waals surface area contributed by atoms with Gasteiger partial charge in [0.1, 0.15) is 4.60 Å². The number of nitrogens with one attached hydrogen (secondary N) is 1. The van der Waals surface area contributed by atoms with E-state index in [1.165, 1.54) is 29.7 Å². The highest BCUT2D eigenvalue weighted by Crippen LogP contribution is 2.19. The number of carboxylic acid groups (broad SMARTS) is 1. The van der Waals surface area contributed by atoms with Crippen LogP contribution in [0.5, 0.6) is 0 Å². The first-order valence-electron chi connectivity index (χ1n) is 4.68. The van der Waals surface area contributed by atoms with Crippen molar-refractivity contribution in [2.24, 2.45) is 0 Å². The molecule has 0 saturated carbocycles. The van der Waals surface area contributed by atoms with Crippen LogP contribution >= 0.6 is 27.3 Å². The van der Waals surface area contributed by atoms with Crippen LogP contribution in [-0.4, -0.2) is 21.0 Å². The van der Waals surface area contributed by atoms with E-state index >= 15 is 0 Å². The van der Waals surface area contributed by atoms with Crippen molar-refractivity contribution in [3.8, 4) is 0 Å². The molecule has 0 amide bonds. The molecule has 0 saturated heterocycles. The van der Waals surface area contributed by atoms with Crippen LogP contribution in [-0.2, 0) is 6.54 Å². The van der Waals surface area contributed by atoms with Gasteiger partial charge in [-0.15, -0.1) is 11.3 Å². The molecule has 0 aromatic carbocycles. The molecule has 0 aliphatic heterocycles. The van der Waals surface area contributed by atoms with E-state index in [4.69, 9.17) is 5.11 Å². The number of hydrogen-bond acceptors (Lipinski definition) is 5. The Hall–Kier alpha value is -1.47. The fourth-order valence-electron chi connectivity index (χ4n) is 1.21. The van der Waals surface area contributed by atoms with Crippen LogP contribution in [0.15, 0.2) is 28.3 Å². The van der Waals surface area contributed by atoms with E-state index in [0.717, 1.165) is 9.73 Å². The topological polar surface area (TPSA) is 75.1 Å². The Morgan fingerprint density at radius 3 is 3.06 bits per heavy atom. The third-order valence-electron chi connectivity index (χ3n) is 1.96. The number of anilines is 1. The monoisotopic (exact) mass is 313 g/mol. The largest absolute Gasteiger partial charge is 0.478 e. The third kappa shape index (κ3) is 3.24. The lowest BCUT2D eigenvalue weighted by atomic mass is 10.2. The van der Waals surface area contributed by atoms with Gasteiger partial charge in [-0.2, -0.15) is 0 Å². The van der Waals surface area contributed by atoms with E-state index < -0.39 is 5.97 Å². The van der Waals surface area contributed by atoms with Crippen molar-refractivity contribution in [2.75, 3.05) is 5.32 Å². The Bertz CT molecular complexity index is 544. The summed E-state index contributed by atoms with van der Waals surface area (Å²) in [6, 6.07) is 3.00. The van der Waals surface area contributed by atoms with Gasteiger partial charge in [-0.25, -0.2) is 9.78 Å². The minimum absolute atomic E-state index is 0.233. The van der Waals surface area contributed by atoms with Gasteiger partial charge in [-0.05, 0) is 28.1 Å². The van der Waals surface area contributed by atoms with Crippen molar-refractivity contribution >= 4 is 38.4 Å². The molecule has 0 fully saturated rings. The molecule has 0 spiro atoms. The van der Waals surface area contributed by atoms with Gasteiger partial charge in [0, 0.05) is 11.6 Å². The zero-order valence-corrected chi connectivity index (χ0v) is 11.0. The maximum Gasteiger partial charge on any atom is 0.335 e. The number of halogens is 1. The summed E-state index contributed by atoms with van der Waals surface area (Å²) in [4.78, 5) is 19.0. The van der Waals surface area contributed by atoms with E-state index in [2.05, 4.69) is 31.2 Å². The molecule has 0 aliphatic rings. The molecule has 2 aromatic rings. The van der Waals surface area contributed by atoms with E-state index in [0.29, 0.717) is 12.2 Å². The van der Waals surface area contributed by atoms with Gasteiger partial charge in [-0.3, -0.25) is 4.98 Å². The lowest BCUT2D eigenvalue weighted by Crippen LogP contribution is -2.04. The predicted molar refractivity (Wildman–Crippen MR) is 68.3 cm³/mol.